The first-order chi connectivity index (χ1) is 16.2. The average Bonchev–Trinajstić information content (AvgIpc) is 2.77. The van der Waals surface area contributed by atoms with Crippen LogP contribution in [0.5, 0.6) is 0 Å². The molecule has 0 aromatic heterocycles. The first-order valence-corrected chi connectivity index (χ1v) is 13.5. The van der Waals surface area contributed by atoms with Gasteiger partial charge in [-0.2, -0.15) is 0 Å². The lowest BCUT2D eigenvalue weighted by Crippen LogP contribution is -2.67. The molecule has 0 aromatic carbocycles. The maximum absolute atomic E-state index is 13.4. The van der Waals surface area contributed by atoms with Crippen molar-refractivity contribution in [1.29, 1.82) is 0 Å². The van der Waals surface area contributed by atoms with E-state index in [0.717, 1.165) is 6.42 Å². The third-order valence-electron chi connectivity index (χ3n) is 8.43. The predicted molar refractivity (Wildman–Crippen MR) is 136 cm³/mol. The van der Waals surface area contributed by atoms with Crippen LogP contribution in [0.3, 0.4) is 0 Å². The number of hydrazine groups is 1. The highest BCUT2D eigenvalue weighted by atomic mass is 79.9. The van der Waals surface area contributed by atoms with Crippen LogP contribution in [0.4, 0.5) is 4.79 Å². The number of hydrogen-bond donors (Lipinski definition) is 2. The molecule has 5 rings (SSSR count). The molecule has 3 amide bonds. The Morgan fingerprint density at radius 2 is 1.80 bits per heavy atom. The second-order valence-corrected chi connectivity index (χ2v) is 13.4. The Morgan fingerprint density at radius 1 is 1.17 bits per heavy atom. The third kappa shape index (κ3) is 5.19. The third-order valence-corrected chi connectivity index (χ3v) is 9.26. The average molecular weight is 555 g/mol. The van der Waals surface area contributed by atoms with Gasteiger partial charge in [-0.3, -0.25) is 14.9 Å². The summed E-state index contributed by atoms with van der Waals surface area (Å²) in [4.78, 5) is 42.0. The number of carbonyl (C=O) groups excluding carboxylic acids is 3. The van der Waals surface area contributed by atoms with Crippen LogP contribution in [0, 0.1) is 23.2 Å². The highest BCUT2D eigenvalue weighted by Gasteiger charge is 2.57. The van der Waals surface area contributed by atoms with Gasteiger partial charge in [0.1, 0.15) is 12.1 Å². The predicted octanol–water partition coefficient (Wildman–Crippen LogP) is 2.68. The van der Waals surface area contributed by atoms with Crippen LogP contribution in [0.2, 0.25) is 0 Å². The number of ether oxygens (including phenoxy) is 1. The van der Waals surface area contributed by atoms with Crippen LogP contribution in [0.15, 0.2) is 12.3 Å². The molecular weight excluding hydrogens is 514 g/mol. The number of halogens is 1. The molecule has 2 N–H and O–H groups in total. The van der Waals surface area contributed by atoms with Crippen LogP contribution in [0.1, 0.15) is 54.4 Å². The van der Waals surface area contributed by atoms with Gasteiger partial charge in [0, 0.05) is 38.4 Å². The van der Waals surface area contributed by atoms with E-state index in [0.29, 0.717) is 49.3 Å². The highest BCUT2D eigenvalue weighted by Crippen LogP contribution is 2.61. The summed E-state index contributed by atoms with van der Waals surface area (Å²) in [5.74, 6) is 1.42. The minimum atomic E-state index is -1.04. The van der Waals surface area contributed by atoms with E-state index in [2.05, 4.69) is 47.4 Å². The van der Waals surface area contributed by atoms with Gasteiger partial charge in [-0.25, -0.2) is 9.80 Å². The summed E-state index contributed by atoms with van der Waals surface area (Å²) in [6.07, 6.45) is 5.45. The van der Waals surface area contributed by atoms with Crippen molar-refractivity contribution < 1.29 is 19.1 Å². The lowest BCUT2D eigenvalue weighted by molar-refractivity contribution is -0.146. The van der Waals surface area contributed by atoms with Crippen molar-refractivity contribution in [1.82, 2.24) is 25.6 Å². The molecule has 1 unspecified atom stereocenters. The summed E-state index contributed by atoms with van der Waals surface area (Å²) in [6.45, 7) is 14.0. The second kappa shape index (κ2) is 9.25. The topological polar surface area (TPSA) is 94.2 Å². The number of rotatable bonds is 4. The van der Waals surface area contributed by atoms with Gasteiger partial charge in [-0.1, -0.05) is 36.7 Å². The number of piperazine rings is 1. The number of amides is 3. The molecule has 5 atom stereocenters. The smallest absolute Gasteiger partial charge is 0.410 e. The van der Waals surface area contributed by atoms with E-state index in [9.17, 15) is 14.4 Å². The first-order valence-electron chi connectivity index (χ1n) is 12.7. The number of hydrogen-bond acceptors (Lipinski definition) is 6. The zero-order valence-electron chi connectivity index (χ0n) is 21.8. The molecule has 0 aromatic rings. The fourth-order valence-corrected chi connectivity index (χ4v) is 6.75. The lowest BCUT2D eigenvalue weighted by Gasteiger charge is -2.62. The van der Waals surface area contributed by atoms with E-state index in [1.807, 2.05) is 20.8 Å². The Morgan fingerprint density at radius 3 is 2.37 bits per heavy atom. The van der Waals surface area contributed by atoms with Gasteiger partial charge < -0.3 is 20.0 Å². The minimum Gasteiger partial charge on any atom is -0.444 e. The fraction of sp³-hybridized carbons (Fsp3) is 0.800. The second-order valence-electron chi connectivity index (χ2n) is 12.1. The molecule has 9 nitrogen and oxygen atoms in total. The molecule has 35 heavy (non-hydrogen) atoms. The molecule has 2 bridgehead atoms. The summed E-state index contributed by atoms with van der Waals surface area (Å²) in [5, 5.41) is 4.93. The van der Waals surface area contributed by atoms with Crippen LogP contribution < -0.4 is 10.7 Å². The van der Waals surface area contributed by atoms with Gasteiger partial charge in [0.25, 0.3) is 5.91 Å². The maximum Gasteiger partial charge on any atom is 0.410 e. The molecule has 4 fully saturated rings. The minimum absolute atomic E-state index is 0.0802. The Labute approximate surface area is 217 Å². The number of alkyl halides is 1. The van der Waals surface area contributed by atoms with E-state index in [-0.39, 0.29) is 30.5 Å². The SMILES string of the molecule is C[C@@H]1[C@H]2C[C@@H](C[C@H]1NC1(Br)C=CNN(CC(=O)N3CCN(C(=O)OC(C)(C)C)CC3)C1=O)C2(C)C. The molecule has 3 saturated carbocycles. The molecule has 3 aliphatic carbocycles. The van der Waals surface area contributed by atoms with E-state index in [4.69, 9.17) is 4.74 Å². The van der Waals surface area contributed by atoms with Crippen molar-refractivity contribution in [3.8, 4) is 0 Å². The van der Waals surface area contributed by atoms with Crippen LogP contribution in [-0.4, -0.2) is 81.5 Å². The zero-order chi connectivity index (χ0) is 25.8. The molecular formula is C25H40BrN5O4. The number of nitrogens with one attached hydrogen (secondary N) is 2. The van der Waals surface area contributed by atoms with Crippen molar-refractivity contribution >= 4 is 33.8 Å². The molecule has 2 aliphatic heterocycles. The standard InChI is InChI=1S/C25H40BrN5O4/c1-16-18-13-17(24(18,5)6)14-19(16)28-25(26)7-8-27-31(21(25)33)15-20(32)29-9-11-30(12-10-29)22(34)35-23(2,3)4/h7-8,16-19,27-28H,9-15H2,1-6H3/t16-,17+,18-,19-,25?/m1/s1. The van der Waals surface area contributed by atoms with Crippen LogP contribution in [-0.2, 0) is 14.3 Å². The van der Waals surface area contributed by atoms with Gasteiger partial charge in [-0.15, -0.1) is 0 Å². The molecule has 0 spiro atoms. The first kappa shape index (κ1) is 26.3. The summed E-state index contributed by atoms with van der Waals surface area (Å²) >= 11 is 3.65. The molecule has 2 heterocycles. The van der Waals surface area contributed by atoms with E-state index >= 15 is 0 Å². The summed E-state index contributed by atoms with van der Waals surface area (Å²) in [6, 6.07) is 0.233. The zero-order valence-corrected chi connectivity index (χ0v) is 23.4. The van der Waals surface area contributed by atoms with E-state index in [1.54, 1.807) is 22.1 Å². The van der Waals surface area contributed by atoms with Gasteiger partial charge in [0.05, 0.1) is 0 Å². The Hall–Kier alpha value is -1.81. The number of fused-ring (bicyclic) bond motifs is 2. The maximum atomic E-state index is 13.4. The molecule has 0 radical (unpaired) electrons. The van der Waals surface area contributed by atoms with Crippen molar-refractivity contribution in [2.24, 2.45) is 23.2 Å². The molecule has 10 heteroatoms. The Bertz CT molecular complexity index is 895. The van der Waals surface area contributed by atoms with Gasteiger partial charge in [0.2, 0.25) is 5.91 Å². The monoisotopic (exact) mass is 553 g/mol. The Balaban J connectivity index is 1.30. The Kier molecular flexibility index (Phi) is 6.94. The van der Waals surface area contributed by atoms with Gasteiger partial charge in [-0.05, 0) is 62.9 Å². The van der Waals surface area contributed by atoms with Crippen LogP contribution >= 0.6 is 15.9 Å². The normalized spacial score (nSPS) is 34.3. The van der Waals surface area contributed by atoms with Gasteiger partial charge in [0.15, 0.2) is 4.45 Å². The summed E-state index contributed by atoms with van der Waals surface area (Å²) < 4.78 is 4.38. The van der Waals surface area contributed by atoms with E-state index < -0.39 is 10.0 Å². The molecule has 1 saturated heterocycles. The largest absolute Gasteiger partial charge is 0.444 e. The lowest BCUT2D eigenvalue weighted by atomic mass is 9.44. The molecule has 5 aliphatic rings. The molecule has 196 valence electrons. The van der Waals surface area contributed by atoms with Crippen molar-refractivity contribution in [2.45, 2.75) is 70.5 Å². The quantitative estimate of drug-likeness (QED) is 0.410. The van der Waals surface area contributed by atoms with Crippen LogP contribution in [0.25, 0.3) is 0 Å². The van der Waals surface area contributed by atoms with Gasteiger partial charge >= 0.3 is 6.09 Å². The summed E-state index contributed by atoms with van der Waals surface area (Å²) in [7, 11) is 0. The van der Waals surface area contributed by atoms with Crippen molar-refractivity contribution in [2.75, 3.05) is 32.7 Å². The summed E-state index contributed by atoms with van der Waals surface area (Å²) in [5.41, 5.74) is 2.74. The fourth-order valence-electron chi connectivity index (χ4n) is 6.11. The number of carbonyl (C=O) groups is 3. The van der Waals surface area contributed by atoms with E-state index in [1.165, 1.54) is 11.4 Å². The van der Waals surface area contributed by atoms with Crippen molar-refractivity contribution in [3.05, 3.63) is 12.3 Å². The number of nitrogens with zero attached hydrogens (tertiary/aromatic N) is 3. The van der Waals surface area contributed by atoms with Crippen molar-refractivity contribution in [3.63, 3.8) is 0 Å². The highest BCUT2D eigenvalue weighted by molar-refractivity contribution is 9.10.